The molecule has 1 atom stereocenters. The summed E-state index contributed by atoms with van der Waals surface area (Å²) in [4.78, 5) is 12.7. The first-order valence-corrected chi connectivity index (χ1v) is 7.35. The quantitative estimate of drug-likeness (QED) is 0.625. The normalized spacial score (nSPS) is 12.5. The largest absolute Gasteiger partial charge is 0.459 e. The summed E-state index contributed by atoms with van der Waals surface area (Å²) in [6.07, 6.45) is 0. The Hall–Kier alpha value is -1.87. The fourth-order valence-corrected chi connectivity index (χ4v) is 2.64. The van der Waals surface area contributed by atoms with Crippen LogP contribution in [-0.2, 0) is 0 Å². The highest BCUT2D eigenvalue weighted by Crippen LogP contribution is 2.32. The molecular weight excluding hydrogens is 316 g/mol. The molecule has 2 aromatic carbocycles. The maximum Gasteiger partial charge on any atom is 0.200 e. The second-order valence-corrected chi connectivity index (χ2v) is 6.02. The zero-order valence-electron chi connectivity index (χ0n) is 11.0. The zero-order chi connectivity index (χ0) is 14.1. The SMILES string of the molecule is CC(Br)c1oc2ccccc2c(=O)c1-c1ccccc1. The Bertz CT molecular complexity index is 804. The smallest absolute Gasteiger partial charge is 0.200 e. The molecule has 3 aromatic rings. The van der Waals surface area contributed by atoms with Gasteiger partial charge in [0.25, 0.3) is 0 Å². The standard InChI is InChI=1S/C17H13BrO2/c1-11(18)17-15(12-7-3-2-4-8-12)16(19)13-9-5-6-10-14(13)20-17/h2-11H,1H3. The molecule has 0 saturated heterocycles. The Morgan fingerprint density at radius 3 is 2.35 bits per heavy atom. The van der Waals surface area contributed by atoms with Crippen LogP contribution < -0.4 is 5.43 Å². The van der Waals surface area contributed by atoms with Crippen molar-refractivity contribution in [3.63, 3.8) is 0 Å². The summed E-state index contributed by atoms with van der Waals surface area (Å²) in [7, 11) is 0. The van der Waals surface area contributed by atoms with Crippen LogP contribution in [0.15, 0.2) is 63.8 Å². The lowest BCUT2D eigenvalue weighted by molar-refractivity contribution is 0.544. The van der Waals surface area contributed by atoms with E-state index in [9.17, 15) is 4.79 Å². The summed E-state index contributed by atoms with van der Waals surface area (Å²) in [5.41, 5.74) is 2.15. The van der Waals surface area contributed by atoms with Crippen molar-refractivity contribution in [3.05, 3.63) is 70.6 Å². The van der Waals surface area contributed by atoms with Gasteiger partial charge in [0.2, 0.25) is 5.43 Å². The van der Waals surface area contributed by atoms with Crippen LogP contribution in [0.3, 0.4) is 0 Å². The molecule has 1 aromatic heterocycles. The van der Waals surface area contributed by atoms with Crippen LogP contribution in [0.1, 0.15) is 17.5 Å². The summed E-state index contributed by atoms with van der Waals surface area (Å²) >= 11 is 3.52. The van der Waals surface area contributed by atoms with Gasteiger partial charge in [0, 0.05) is 0 Å². The van der Waals surface area contributed by atoms with E-state index < -0.39 is 0 Å². The van der Waals surface area contributed by atoms with Gasteiger partial charge in [-0.05, 0) is 24.6 Å². The zero-order valence-corrected chi connectivity index (χ0v) is 12.6. The Balaban J connectivity index is 2.43. The number of fused-ring (bicyclic) bond motifs is 1. The van der Waals surface area contributed by atoms with Crippen molar-refractivity contribution >= 4 is 26.9 Å². The summed E-state index contributed by atoms with van der Waals surface area (Å²) in [5, 5.41) is 0.614. The summed E-state index contributed by atoms with van der Waals surface area (Å²) < 4.78 is 5.94. The van der Waals surface area contributed by atoms with Gasteiger partial charge in [-0.2, -0.15) is 0 Å². The van der Waals surface area contributed by atoms with Crippen molar-refractivity contribution < 1.29 is 4.42 Å². The van der Waals surface area contributed by atoms with Crippen LogP contribution >= 0.6 is 15.9 Å². The molecule has 0 fully saturated rings. The highest BCUT2D eigenvalue weighted by atomic mass is 79.9. The van der Waals surface area contributed by atoms with Gasteiger partial charge in [-0.15, -0.1) is 0 Å². The van der Waals surface area contributed by atoms with Gasteiger partial charge in [-0.1, -0.05) is 58.4 Å². The number of rotatable bonds is 2. The first-order valence-electron chi connectivity index (χ1n) is 6.43. The Morgan fingerprint density at radius 2 is 1.65 bits per heavy atom. The summed E-state index contributed by atoms with van der Waals surface area (Å²) in [6.45, 7) is 1.96. The lowest BCUT2D eigenvalue weighted by Gasteiger charge is -2.11. The van der Waals surface area contributed by atoms with Gasteiger partial charge in [-0.25, -0.2) is 0 Å². The highest BCUT2D eigenvalue weighted by Gasteiger charge is 2.18. The van der Waals surface area contributed by atoms with Gasteiger partial charge < -0.3 is 4.42 Å². The van der Waals surface area contributed by atoms with Crippen molar-refractivity contribution in [2.75, 3.05) is 0 Å². The predicted molar refractivity (Wildman–Crippen MR) is 85.3 cm³/mol. The Kier molecular flexibility index (Phi) is 3.45. The lowest BCUT2D eigenvalue weighted by atomic mass is 10.0. The molecule has 0 N–H and O–H groups in total. The van der Waals surface area contributed by atoms with E-state index in [0.29, 0.717) is 22.3 Å². The predicted octanol–water partition coefficient (Wildman–Crippen LogP) is 4.92. The minimum atomic E-state index is -0.0324. The molecule has 2 nitrogen and oxygen atoms in total. The number of alkyl halides is 1. The number of halogens is 1. The molecule has 0 aliphatic rings. The third-order valence-corrected chi connectivity index (χ3v) is 3.66. The highest BCUT2D eigenvalue weighted by molar-refractivity contribution is 9.09. The number of benzene rings is 2. The van der Waals surface area contributed by atoms with E-state index in [2.05, 4.69) is 15.9 Å². The van der Waals surface area contributed by atoms with E-state index in [4.69, 9.17) is 4.42 Å². The van der Waals surface area contributed by atoms with Crippen LogP contribution in [-0.4, -0.2) is 0 Å². The van der Waals surface area contributed by atoms with E-state index in [0.717, 1.165) is 5.56 Å². The molecular formula is C17H13BrO2. The van der Waals surface area contributed by atoms with Crippen molar-refractivity contribution in [1.29, 1.82) is 0 Å². The first-order chi connectivity index (χ1) is 9.68. The molecule has 1 unspecified atom stereocenters. The molecule has 3 heteroatoms. The van der Waals surface area contributed by atoms with Gasteiger partial charge in [-0.3, -0.25) is 4.79 Å². The first kappa shape index (κ1) is 13.1. The van der Waals surface area contributed by atoms with Gasteiger partial charge in [0.1, 0.15) is 11.3 Å². The second kappa shape index (κ2) is 5.25. The topological polar surface area (TPSA) is 30.2 Å². The third kappa shape index (κ3) is 2.18. The molecule has 0 saturated carbocycles. The van der Waals surface area contributed by atoms with Gasteiger partial charge >= 0.3 is 0 Å². The van der Waals surface area contributed by atoms with Crippen LogP contribution in [0.4, 0.5) is 0 Å². The monoisotopic (exact) mass is 328 g/mol. The van der Waals surface area contributed by atoms with Gasteiger partial charge in [0.15, 0.2) is 0 Å². The lowest BCUT2D eigenvalue weighted by Crippen LogP contribution is -2.09. The Morgan fingerprint density at radius 1 is 1.00 bits per heavy atom. The fourth-order valence-electron chi connectivity index (χ4n) is 2.32. The van der Waals surface area contributed by atoms with E-state index >= 15 is 0 Å². The van der Waals surface area contributed by atoms with Crippen molar-refractivity contribution in [2.24, 2.45) is 0 Å². The maximum atomic E-state index is 12.8. The average molecular weight is 329 g/mol. The van der Waals surface area contributed by atoms with Crippen LogP contribution in [0, 0.1) is 0 Å². The van der Waals surface area contributed by atoms with Crippen LogP contribution in [0.2, 0.25) is 0 Å². The minimum absolute atomic E-state index is 0.0133. The number of hydrogen-bond donors (Lipinski definition) is 0. The van der Waals surface area contributed by atoms with Gasteiger partial charge in [0.05, 0.1) is 15.8 Å². The van der Waals surface area contributed by atoms with Crippen LogP contribution in [0.25, 0.3) is 22.1 Å². The average Bonchev–Trinajstić information content (AvgIpc) is 2.48. The minimum Gasteiger partial charge on any atom is -0.459 e. The maximum absolute atomic E-state index is 12.8. The number of hydrogen-bond acceptors (Lipinski definition) is 2. The van der Waals surface area contributed by atoms with Crippen molar-refractivity contribution in [1.82, 2.24) is 0 Å². The molecule has 1 heterocycles. The molecule has 100 valence electrons. The van der Waals surface area contributed by atoms with Crippen molar-refractivity contribution in [3.8, 4) is 11.1 Å². The summed E-state index contributed by atoms with van der Waals surface area (Å²) in [6, 6.07) is 17.0. The molecule has 0 bridgehead atoms. The molecule has 0 aliphatic heterocycles. The molecule has 3 rings (SSSR count). The van der Waals surface area contributed by atoms with E-state index in [1.54, 1.807) is 6.07 Å². The van der Waals surface area contributed by atoms with E-state index in [1.165, 1.54) is 0 Å². The third-order valence-electron chi connectivity index (χ3n) is 3.25. The van der Waals surface area contributed by atoms with Crippen LogP contribution in [0.5, 0.6) is 0 Å². The molecule has 0 aliphatic carbocycles. The molecule has 0 amide bonds. The van der Waals surface area contributed by atoms with E-state index in [-0.39, 0.29) is 10.3 Å². The Labute approximate surface area is 125 Å². The number of para-hydroxylation sites is 1. The summed E-state index contributed by atoms with van der Waals surface area (Å²) in [5.74, 6) is 0.667. The van der Waals surface area contributed by atoms with E-state index in [1.807, 2.05) is 55.5 Å². The molecule has 20 heavy (non-hydrogen) atoms. The molecule has 0 spiro atoms. The molecule has 0 radical (unpaired) electrons. The van der Waals surface area contributed by atoms with Crippen molar-refractivity contribution in [2.45, 2.75) is 11.8 Å². The second-order valence-electron chi connectivity index (χ2n) is 4.65. The fraction of sp³-hybridized carbons (Fsp3) is 0.118.